The first kappa shape index (κ1) is 19.0. The lowest BCUT2D eigenvalue weighted by molar-refractivity contribution is -0.136. The van der Waals surface area contributed by atoms with E-state index in [-0.39, 0.29) is 42.2 Å². The van der Waals surface area contributed by atoms with E-state index >= 15 is 0 Å². The first-order valence-corrected chi connectivity index (χ1v) is 10.7. The molecule has 0 aliphatic carbocycles. The highest BCUT2D eigenvalue weighted by atomic mass is 32.2. The molecule has 10 nitrogen and oxygen atoms in total. The Morgan fingerprint density at radius 1 is 1.21 bits per heavy atom. The van der Waals surface area contributed by atoms with Crippen LogP contribution in [0.1, 0.15) is 28.8 Å². The molecule has 150 valence electrons. The molecule has 2 aliphatic rings. The lowest BCUT2D eigenvalue weighted by atomic mass is 10.0. The summed E-state index contributed by atoms with van der Waals surface area (Å²) in [5.74, 6) is -0.855. The quantitative estimate of drug-likeness (QED) is 0.540. The number of anilines is 2. The third-order valence-corrected chi connectivity index (χ3v) is 5.67. The van der Waals surface area contributed by atoms with Crippen molar-refractivity contribution in [1.82, 2.24) is 20.2 Å². The molecule has 0 bridgehead atoms. The summed E-state index contributed by atoms with van der Waals surface area (Å²) in [5.41, 5.74) is 1.68. The molecule has 11 heteroatoms. The second-order valence-corrected chi connectivity index (χ2v) is 8.76. The van der Waals surface area contributed by atoms with Crippen molar-refractivity contribution in [2.75, 3.05) is 11.6 Å². The van der Waals surface area contributed by atoms with Crippen molar-refractivity contribution in [2.24, 2.45) is 0 Å². The zero-order valence-electron chi connectivity index (χ0n) is 15.4. The molecule has 3 amide bonds. The van der Waals surface area contributed by atoms with Crippen LogP contribution in [0.5, 0.6) is 0 Å². The lowest BCUT2D eigenvalue weighted by Gasteiger charge is -2.29. The topological polar surface area (TPSA) is 138 Å². The van der Waals surface area contributed by atoms with Gasteiger partial charge in [-0.1, -0.05) is 6.07 Å². The number of sulfone groups is 1. The molecule has 2 N–H and O–H groups in total. The normalized spacial score (nSPS) is 19.1. The van der Waals surface area contributed by atoms with Crippen molar-refractivity contribution in [1.29, 1.82) is 0 Å². The number of amides is 3. The van der Waals surface area contributed by atoms with Gasteiger partial charge in [-0.3, -0.25) is 19.7 Å². The average Bonchev–Trinajstić information content (AvgIpc) is 2.99. The first-order valence-electron chi connectivity index (χ1n) is 8.81. The van der Waals surface area contributed by atoms with Gasteiger partial charge in [0.1, 0.15) is 11.9 Å². The average molecular weight is 415 g/mol. The van der Waals surface area contributed by atoms with Gasteiger partial charge in [-0.15, -0.1) is 0 Å². The summed E-state index contributed by atoms with van der Waals surface area (Å²) < 4.78 is 23.3. The maximum atomic E-state index is 12.8. The largest absolute Gasteiger partial charge is 0.340 e. The zero-order valence-corrected chi connectivity index (χ0v) is 16.2. The van der Waals surface area contributed by atoms with Crippen LogP contribution in [0.2, 0.25) is 0 Å². The minimum atomic E-state index is -3.57. The van der Waals surface area contributed by atoms with E-state index in [0.717, 1.165) is 6.26 Å². The SMILES string of the molecule is CS(=O)(=O)c1nccc(Nc2cccc3c2CN(C2CCC(=O)NC2=O)C3=O)n1. The van der Waals surface area contributed by atoms with Crippen LogP contribution in [0.3, 0.4) is 0 Å². The number of piperidine rings is 1. The van der Waals surface area contributed by atoms with Crippen molar-refractivity contribution >= 4 is 39.1 Å². The fraction of sp³-hybridized carbons (Fsp3) is 0.278. The molecule has 1 aromatic carbocycles. The molecular weight excluding hydrogens is 398 g/mol. The standard InChI is InChI=1S/C18H17N5O5S/c1-29(27,28)18-19-8-7-14(21-18)20-12-4-2-3-10-11(12)9-23(17(10)26)13-5-6-15(24)22-16(13)25/h2-4,7-8,13H,5-6,9H2,1H3,(H,19,20,21)(H,22,24,25). The van der Waals surface area contributed by atoms with Crippen LogP contribution in [0.4, 0.5) is 11.5 Å². The number of benzene rings is 1. The van der Waals surface area contributed by atoms with Gasteiger partial charge >= 0.3 is 0 Å². The monoisotopic (exact) mass is 415 g/mol. The number of nitrogens with one attached hydrogen (secondary N) is 2. The van der Waals surface area contributed by atoms with E-state index in [4.69, 9.17) is 0 Å². The van der Waals surface area contributed by atoms with Crippen LogP contribution in [0, 0.1) is 0 Å². The molecule has 1 fully saturated rings. The van der Waals surface area contributed by atoms with Gasteiger partial charge in [-0.2, -0.15) is 0 Å². The maximum Gasteiger partial charge on any atom is 0.255 e. The van der Waals surface area contributed by atoms with Gasteiger partial charge in [0.2, 0.25) is 26.8 Å². The first-order chi connectivity index (χ1) is 13.7. The predicted molar refractivity (Wildman–Crippen MR) is 101 cm³/mol. The van der Waals surface area contributed by atoms with Crippen molar-refractivity contribution < 1.29 is 22.8 Å². The second kappa shape index (κ2) is 6.92. The molecule has 0 saturated carbocycles. The summed E-state index contributed by atoms with van der Waals surface area (Å²) in [7, 11) is -3.57. The van der Waals surface area contributed by atoms with Crippen LogP contribution < -0.4 is 10.6 Å². The Labute approximate surface area is 166 Å². The fourth-order valence-electron chi connectivity index (χ4n) is 3.43. The second-order valence-electron chi connectivity index (χ2n) is 6.85. The molecule has 3 heterocycles. The van der Waals surface area contributed by atoms with Gasteiger partial charge < -0.3 is 10.2 Å². The smallest absolute Gasteiger partial charge is 0.255 e. The maximum absolute atomic E-state index is 12.8. The third kappa shape index (κ3) is 3.56. The summed E-state index contributed by atoms with van der Waals surface area (Å²) in [6, 6.07) is 5.89. The van der Waals surface area contributed by atoms with Crippen LogP contribution in [0.15, 0.2) is 35.6 Å². The predicted octanol–water partition coefficient (Wildman–Crippen LogP) is 0.385. The van der Waals surface area contributed by atoms with Crippen LogP contribution in [0.25, 0.3) is 0 Å². The van der Waals surface area contributed by atoms with Gasteiger partial charge in [-0.05, 0) is 24.6 Å². The summed E-state index contributed by atoms with van der Waals surface area (Å²) in [6.45, 7) is 0.188. The van der Waals surface area contributed by atoms with Gasteiger partial charge in [0.25, 0.3) is 5.91 Å². The van der Waals surface area contributed by atoms with E-state index in [0.29, 0.717) is 16.8 Å². The minimum Gasteiger partial charge on any atom is -0.340 e. The molecule has 1 unspecified atom stereocenters. The molecule has 0 spiro atoms. The molecule has 0 radical (unpaired) electrons. The highest BCUT2D eigenvalue weighted by Crippen LogP contribution is 2.33. The Morgan fingerprint density at radius 2 is 2.00 bits per heavy atom. The molecule has 1 aromatic heterocycles. The van der Waals surface area contributed by atoms with Gasteiger partial charge in [-0.25, -0.2) is 18.4 Å². The highest BCUT2D eigenvalue weighted by molar-refractivity contribution is 7.90. The Balaban J connectivity index is 1.62. The van der Waals surface area contributed by atoms with Crippen LogP contribution in [-0.4, -0.2) is 53.3 Å². The summed E-state index contributed by atoms with van der Waals surface area (Å²) in [4.78, 5) is 45.6. The Hall–Kier alpha value is -3.34. The molecular formula is C18H17N5O5S. The van der Waals surface area contributed by atoms with E-state index in [1.807, 2.05) is 0 Å². The van der Waals surface area contributed by atoms with Crippen molar-refractivity contribution in [2.45, 2.75) is 30.6 Å². The van der Waals surface area contributed by atoms with Crippen LogP contribution in [-0.2, 0) is 26.0 Å². The van der Waals surface area contributed by atoms with E-state index in [2.05, 4.69) is 20.6 Å². The van der Waals surface area contributed by atoms with E-state index in [1.165, 1.54) is 17.2 Å². The van der Waals surface area contributed by atoms with E-state index in [1.54, 1.807) is 18.2 Å². The molecule has 1 atom stereocenters. The number of rotatable bonds is 4. The van der Waals surface area contributed by atoms with Crippen molar-refractivity contribution in [3.63, 3.8) is 0 Å². The molecule has 2 aliphatic heterocycles. The molecule has 1 saturated heterocycles. The Bertz CT molecular complexity index is 1150. The number of hydrogen-bond acceptors (Lipinski definition) is 8. The summed E-state index contributed by atoms with van der Waals surface area (Å²) >= 11 is 0. The summed E-state index contributed by atoms with van der Waals surface area (Å²) in [5, 5.41) is 4.99. The minimum absolute atomic E-state index is 0.177. The van der Waals surface area contributed by atoms with E-state index < -0.39 is 21.8 Å². The Kier molecular flexibility index (Phi) is 4.53. The molecule has 2 aromatic rings. The number of nitrogens with zero attached hydrogens (tertiary/aromatic N) is 3. The number of imide groups is 1. The zero-order chi connectivity index (χ0) is 20.8. The molecule has 29 heavy (non-hydrogen) atoms. The number of aromatic nitrogens is 2. The molecule has 4 rings (SSSR count). The number of carbonyl (C=O) groups excluding carboxylic acids is 3. The summed E-state index contributed by atoms with van der Waals surface area (Å²) in [6.07, 6.45) is 2.80. The third-order valence-electron chi connectivity index (χ3n) is 4.81. The highest BCUT2D eigenvalue weighted by Gasteiger charge is 2.39. The number of hydrogen-bond donors (Lipinski definition) is 2. The van der Waals surface area contributed by atoms with Gasteiger partial charge in [0.05, 0.1) is 0 Å². The lowest BCUT2D eigenvalue weighted by Crippen LogP contribution is -2.52. The van der Waals surface area contributed by atoms with Crippen molar-refractivity contribution in [3.05, 3.63) is 41.6 Å². The van der Waals surface area contributed by atoms with E-state index in [9.17, 15) is 22.8 Å². The number of fused-ring (bicyclic) bond motifs is 1. The van der Waals surface area contributed by atoms with Gasteiger partial charge in [0.15, 0.2) is 0 Å². The fourth-order valence-corrected chi connectivity index (χ4v) is 3.95. The Morgan fingerprint density at radius 3 is 2.72 bits per heavy atom. The van der Waals surface area contributed by atoms with Crippen LogP contribution >= 0.6 is 0 Å². The van der Waals surface area contributed by atoms with Gasteiger partial charge in [0, 0.05) is 42.2 Å². The van der Waals surface area contributed by atoms with Crippen molar-refractivity contribution in [3.8, 4) is 0 Å². The number of carbonyl (C=O) groups is 3.